The number of nitrogens with one attached hydrogen (secondary N) is 1. The van der Waals surface area contributed by atoms with Crippen LogP contribution >= 0.6 is 15.9 Å². The van der Waals surface area contributed by atoms with Gasteiger partial charge in [-0.2, -0.15) is 0 Å². The Bertz CT molecular complexity index is 307. The molecule has 1 unspecified atom stereocenters. The lowest BCUT2D eigenvalue weighted by atomic mass is 10.1. The lowest BCUT2D eigenvalue weighted by Gasteiger charge is -2.19. The van der Waals surface area contributed by atoms with Crippen LogP contribution in [0.25, 0.3) is 0 Å². The van der Waals surface area contributed by atoms with E-state index in [1.54, 1.807) is 0 Å². The zero-order valence-electron chi connectivity index (χ0n) is 9.26. The standard InChI is InChI=1S/C12H18BrN/c1-8(2)10(4)14-11-6-5-9(3)12(13)7-11/h5-8,10,14H,1-4H3. The van der Waals surface area contributed by atoms with Gasteiger partial charge in [0, 0.05) is 16.2 Å². The molecule has 78 valence electrons. The van der Waals surface area contributed by atoms with Gasteiger partial charge in [-0.1, -0.05) is 35.8 Å². The predicted octanol–water partition coefficient (Wildman–Crippen LogP) is 4.21. The number of hydrogen-bond donors (Lipinski definition) is 1. The molecule has 1 N–H and O–H groups in total. The van der Waals surface area contributed by atoms with Crippen LogP contribution in [0.1, 0.15) is 26.3 Å². The number of aryl methyl sites for hydroxylation is 1. The summed E-state index contributed by atoms with van der Waals surface area (Å²) in [5.74, 6) is 0.648. The maximum atomic E-state index is 3.53. The third-order valence-corrected chi connectivity index (χ3v) is 3.42. The number of rotatable bonds is 3. The fraction of sp³-hybridized carbons (Fsp3) is 0.500. The highest BCUT2D eigenvalue weighted by atomic mass is 79.9. The highest BCUT2D eigenvalue weighted by molar-refractivity contribution is 9.10. The van der Waals surface area contributed by atoms with Crippen LogP contribution in [0.2, 0.25) is 0 Å². The first-order chi connectivity index (χ1) is 6.50. The van der Waals surface area contributed by atoms with Crippen molar-refractivity contribution in [1.29, 1.82) is 0 Å². The number of benzene rings is 1. The van der Waals surface area contributed by atoms with Crippen LogP contribution in [0.3, 0.4) is 0 Å². The predicted molar refractivity (Wildman–Crippen MR) is 66.8 cm³/mol. The maximum absolute atomic E-state index is 3.53. The van der Waals surface area contributed by atoms with E-state index in [1.807, 2.05) is 0 Å². The van der Waals surface area contributed by atoms with Gasteiger partial charge in [0.05, 0.1) is 0 Å². The molecule has 0 radical (unpaired) electrons. The SMILES string of the molecule is Cc1ccc(NC(C)C(C)C)cc1Br. The molecule has 0 spiro atoms. The summed E-state index contributed by atoms with van der Waals surface area (Å²) in [6.45, 7) is 8.75. The van der Waals surface area contributed by atoms with Crippen molar-refractivity contribution in [2.24, 2.45) is 5.92 Å². The van der Waals surface area contributed by atoms with Crippen molar-refractivity contribution in [3.8, 4) is 0 Å². The minimum atomic E-state index is 0.504. The summed E-state index contributed by atoms with van der Waals surface area (Å²) in [5, 5.41) is 3.48. The van der Waals surface area contributed by atoms with E-state index < -0.39 is 0 Å². The molecule has 1 atom stereocenters. The molecule has 0 bridgehead atoms. The maximum Gasteiger partial charge on any atom is 0.0353 e. The Morgan fingerprint density at radius 3 is 2.36 bits per heavy atom. The Kier molecular flexibility index (Phi) is 3.99. The van der Waals surface area contributed by atoms with Crippen LogP contribution < -0.4 is 5.32 Å². The third-order valence-electron chi connectivity index (χ3n) is 2.57. The Morgan fingerprint density at radius 1 is 1.21 bits per heavy atom. The fourth-order valence-corrected chi connectivity index (χ4v) is 1.49. The van der Waals surface area contributed by atoms with E-state index in [2.05, 4.69) is 67.1 Å². The van der Waals surface area contributed by atoms with Crippen LogP contribution in [0, 0.1) is 12.8 Å². The third kappa shape index (κ3) is 3.02. The first kappa shape index (κ1) is 11.6. The molecule has 0 aliphatic heterocycles. The summed E-state index contributed by atoms with van der Waals surface area (Å²) < 4.78 is 1.17. The van der Waals surface area contributed by atoms with Crippen LogP contribution in [0.5, 0.6) is 0 Å². The quantitative estimate of drug-likeness (QED) is 0.854. The van der Waals surface area contributed by atoms with Gasteiger partial charge in [-0.25, -0.2) is 0 Å². The van der Waals surface area contributed by atoms with Crippen molar-refractivity contribution >= 4 is 21.6 Å². The van der Waals surface area contributed by atoms with E-state index in [0.29, 0.717) is 12.0 Å². The van der Waals surface area contributed by atoms with Crippen LogP contribution in [-0.2, 0) is 0 Å². The van der Waals surface area contributed by atoms with E-state index in [-0.39, 0.29) is 0 Å². The molecule has 0 amide bonds. The van der Waals surface area contributed by atoms with Gasteiger partial charge in [-0.15, -0.1) is 0 Å². The molecular formula is C12H18BrN. The first-order valence-corrected chi connectivity index (χ1v) is 5.82. The van der Waals surface area contributed by atoms with Crippen molar-refractivity contribution in [2.45, 2.75) is 33.7 Å². The molecule has 1 rings (SSSR count). The topological polar surface area (TPSA) is 12.0 Å². The largest absolute Gasteiger partial charge is 0.382 e. The van der Waals surface area contributed by atoms with Gasteiger partial charge in [0.25, 0.3) is 0 Å². The number of halogens is 1. The molecule has 1 aromatic rings. The Hall–Kier alpha value is -0.500. The highest BCUT2D eigenvalue weighted by Crippen LogP contribution is 2.21. The summed E-state index contributed by atoms with van der Waals surface area (Å²) in [7, 11) is 0. The van der Waals surface area contributed by atoms with Gasteiger partial charge < -0.3 is 5.32 Å². The second kappa shape index (κ2) is 4.83. The Balaban J connectivity index is 2.73. The van der Waals surface area contributed by atoms with Gasteiger partial charge in [0.15, 0.2) is 0 Å². The molecule has 0 aliphatic carbocycles. The van der Waals surface area contributed by atoms with Crippen molar-refractivity contribution in [1.82, 2.24) is 0 Å². The zero-order valence-corrected chi connectivity index (χ0v) is 10.9. The lowest BCUT2D eigenvalue weighted by molar-refractivity contribution is 0.560. The van der Waals surface area contributed by atoms with Gasteiger partial charge in [-0.3, -0.25) is 0 Å². The van der Waals surface area contributed by atoms with Crippen molar-refractivity contribution in [3.63, 3.8) is 0 Å². The molecule has 0 fully saturated rings. The zero-order chi connectivity index (χ0) is 10.7. The molecule has 0 heterocycles. The van der Waals surface area contributed by atoms with E-state index >= 15 is 0 Å². The molecule has 14 heavy (non-hydrogen) atoms. The number of hydrogen-bond acceptors (Lipinski definition) is 1. The second-order valence-corrected chi connectivity index (χ2v) is 5.00. The van der Waals surface area contributed by atoms with Crippen LogP contribution in [0.15, 0.2) is 22.7 Å². The molecule has 0 saturated carbocycles. The highest BCUT2D eigenvalue weighted by Gasteiger charge is 2.06. The van der Waals surface area contributed by atoms with Gasteiger partial charge in [-0.05, 0) is 37.5 Å². The van der Waals surface area contributed by atoms with Gasteiger partial charge >= 0.3 is 0 Å². The summed E-state index contributed by atoms with van der Waals surface area (Å²) in [6, 6.07) is 6.89. The monoisotopic (exact) mass is 255 g/mol. The van der Waals surface area contributed by atoms with Crippen molar-refractivity contribution < 1.29 is 0 Å². The number of anilines is 1. The Labute approximate surface area is 95.0 Å². The summed E-state index contributed by atoms with van der Waals surface area (Å²) in [5.41, 5.74) is 2.46. The van der Waals surface area contributed by atoms with E-state index in [9.17, 15) is 0 Å². The molecule has 1 nitrogen and oxygen atoms in total. The van der Waals surface area contributed by atoms with Crippen LogP contribution in [-0.4, -0.2) is 6.04 Å². The average Bonchev–Trinajstić information content (AvgIpc) is 2.11. The minimum absolute atomic E-state index is 0.504. The van der Waals surface area contributed by atoms with Crippen molar-refractivity contribution in [2.75, 3.05) is 5.32 Å². The Morgan fingerprint density at radius 2 is 1.86 bits per heavy atom. The summed E-state index contributed by atoms with van der Waals surface area (Å²) in [4.78, 5) is 0. The molecular weight excluding hydrogens is 238 g/mol. The summed E-state index contributed by atoms with van der Waals surface area (Å²) in [6.07, 6.45) is 0. The fourth-order valence-electron chi connectivity index (χ4n) is 1.11. The van der Waals surface area contributed by atoms with Gasteiger partial charge in [0.1, 0.15) is 0 Å². The molecule has 2 heteroatoms. The summed E-state index contributed by atoms with van der Waals surface area (Å²) >= 11 is 3.53. The van der Waals surface area contributed by atoms with Crippen molar-refractivity contribution in [3.05, 3.63) is 28.2 Å². The molecule has 0 aromatic heterocycles. The molecule has 0 saturated heterocycles. The van der Waals surface area contributed by atoms with Gasteiger partial charge in [0.2, 0.25) is 0 Å². The first-order valence-electron chi connectivity index (χ1n) is 5.03. The van der Waals surface area contributed by atoms with Crippen LogP contribution in [0.4, 0.5) is 5.69 Å². The second-order valence-electron chi connectivity index (χ2n) is 4.14. The smallest absolute Gasteiger partial charge is 0.0353 e. The molecule has 1 aromatic carbocycles. The minimum Gasteiger partial charge on any atom is -0.382 e. The van der Waals surface area contributed by atoms with E-state index in [0.717, 1.165) is 0 Å². The van der Waals surface area contributed by atoms with E-state index in [4.69, 9.17) is 0 Å². The van der Waals surface area contributed by atoms with E-state index in [1.165, 1.54) is 15.7 Å². The average molecular weight is 256 g/mol. The lowest BCUT2D eigenvalue weighted by Crippen LogP contribution is -2.21. The normalized spacial score (nSPS) is 13.0. The molecule has 0 aliphatic rings.